The third-order valence-corrected chi connectivity index (χ3v) is 1.29. The molecule has 0 aliphatic rings. The van der Waals surface area contributed by atoms with Gasteiger partial charge in [-0.3, -0.25) is 4.79 Å². The summed E-state index contributed by atoms with van der Waals surface area (Å²) in [6.45, 7) is 0. The zero-order chi connectivity index (χ0) is 6.85. The molecule has 0 aliphatic carbocycles. The lowest BCUT2D eigenvalue weighted by Gasteiger charge is -1.85. The minimum Gasteiger partial charge on any atom is -0.294 e. The maximum absolute atomic E-state index is 10.2. The highest BCUT2D eigenvalue weighted by molar-refractivity contribution is 5.68. The van der Waals surface area contributed by atoms with E-state index in [4.69, 9.17) is 0 Å². The van der Waals surface area contributed by atoms with Gasteiger partial charge in [-0.05, 0) is 4.80 Å². The Balaban J connectivity index is 3.18. The Morgan fingerprint density at radius 2 is 2.56 bits per heavy atom. The number of aldehydes is 1. The summed E-state index contributed by atoms with van der Waals surface area (Å²) in [5.41, 5.74) is 0.581. The zero-order valence-electron chi connectivity index (χ0n) is 5.40. The average molecular weight is 126 g/mol. The Morgan fingerprint density at radius 3 is 2.78 bits per heavy atom. The van der Waals surface area contributed by atoms with Crippen molar-refractivity contribution in [2.45, 2.75) is 0 Å². The summed E-state index contributed by atoms with van der Waals surface area (Å²) in [5.74, 6) is 0. The van der Waals surface area contributed by atoms with E-state index in [-0.39, 0.29) is 0 Å². The van der Waals surface area contributed by atoms with Gasteiger partial charge < -0.3 is 0 Å². The molecule has 1 aromatic rings. The summed E-state index contributed by atoms with van der Waals surface area (Å²) >= 11 is 0. The molecule has 0 saturated carbocycles. The Kier molecular flexibility index (Phi) is 1.30. The summed E-state index contributed by atoms with van der Waals surface area (Å²) in [6.07, 6.45) is 2.29. The molecule has 0 N–H and O–H groups in total. The van der Waals surface area contributed by atoms with Crippen molar-refractivity contribution in [3.63, 3.8) is 0 Å². The zero-order valence-corrected chi connectivity index (χ0v) is 5.40. The summed E-state index contributed by atoms with van der Waals surface area (Å²) < 4.78 is 1.66. The third-order valence-electron chi connectivity index (χ3n) is 1.29. The maximum Gasteiger partial charge on any atom is 0.232 e. The lowest BCUT2D eigenvalue weighted by molar-refractivity contribution is -0.756. The van der Waals surface area contributed by atoms with Crippen LogP contribution in [0.2, 0.25) is 0 Å². The third kappa shape index (κ3) is 0.826. The predicted molar refractivity (Wildman–Crippen MR) is 29.8 cm³/mol. The van der Waals surface area contributed by atoms with Gasteiger partial charge in [-0.25, -0.2) is 0 Å². The number of aromatic nitrogens is 3. The Bertz CT molecular complexity index is 228. The van der Waals surface area contributed by atoms with Crippen molar-refractivity contribution in [3.05, 3.63) is 11.9 Å². The molecule has 0 saturated heterocycles. The molecular weight excluding hydrogens is 118 g/mol. The van der Waals surface area contributed by atoms with Crippen molar-refractivity contribution >= 4 is 6.29 Å². The quantitative estimate of drug-likeness (QED) is 0.360. The molecule has 0 bridgehead atoms. The second-order valence-corrected chi connectivity index (χ2v) is 1.80. The van der Waals surface area contributed by atoms with Crippen molar-refractivity contribution in [2.75, 3.05) is 0 Å². The molecule has 0 spiro atoms. The Hall–Kier alpha value is -1.19. The second kappa shape index (κ2) is 1.97. The van der Waals surface area contributed by atoms with Gasteiger partial charge in [-0.1, -0.05) is 0 Å². The van der Waals surface area contributed by atoms with Gasteiger partial charge >= 0.3 is 0 Å². The number of hydrogen-bond donors (Lipinski definition) is 0. The first-order valence-electron chi connectivity index (χ1n) is 2.59. The first-order valence-corrected chi connectivity index (χ1v) is 2.59. The van der Waals surface area contributed by atoms with E-state index in [1.165, 1.54) is 6.20 Å². The van der Waals surface area contributed by atoms with Crippen LogP contribution in [-0.2, 0) is 14.1 Å². The number of rotatable bonds is 1. The molecule has 48 valence electrons. The van der Waals surface area contributed by atoms with Crippen LogP contribution in [0.25, 0.3) is 0 Å². The summed E-state index contributed by atoms with van der Waals surface area (Å²) in [5, 5.41) is 3.84. The van der Waals surface area contributed by atoms with Crippen LogP contribution < -0.4 is 4.68 Å². The fourth-order valence-electron chi connectivity index (χ4n) is 0.578. The first-order chi connectivity index (χ1) is 4.25. The lowest BCUT2D eigenvalue weighted by Crippen LogP contribution is -2.40. The van der Waals surface area contributed by atoms with Crippen molar-refractivity contribution < 1.29 is 9.48 Å². The Morgan fingerprint density at radius 1 is 1.89 bits per heavy atom. The van der Waals surface area contributed by atoms with E-state index in [0.717, 1.165) is 6.29 Å². The van der Waals surface area contributed by atoms with Gasteiger partial charge in [0, 0.05) is 5.10 Å². The predicted octanol–water partition coefficient (Wildman–Crippen LogP) is -0.943. The average Bonchev–Trinajstić information content (AvgIpc) is 2.15. The molecule has 0 amide bonds. The van der Waals surface area contributed by atoms with E-state index in [1.807, 2.05) is 0 Å². The summed E-state index contributed by atoms with van der Waals surface area (Å²) in [6, 6.07) is 0. The van der Waals surface area contributed by atoms with Crippen LogP contribution in [0.3, 0.4) is 0 Å². The van der Waals surface area contributed by atoms with Gasteiger partial charge in [-0.2, -0.15) is 4.68 Å². The van der Waals surface area contributed by atoms with E-state index in [2.05, 4.69) is 5.10 Å². The standard InChI is InChI=1S/C5H8N3O/c1-7-5(4-9)3-6-8(7)2/h3-4H,1-2H3/q+1. The smallest absolute Gasteiger partial charge is 0.232 e. The van der Waals surface area contributed by atoms with Crippen LogP contribution in [0, 0.1) is 0 Å². The number of carbonyl (C=O) groups is 1. The summed E-state index contributed by atoms with van der Waals surface area (Å²) in [7, 11) is 3.55. The molecule has 1 heterocycles. The number of aryl methyl sites for hydroxylation is 1. The minimum absolute atomic E-state index is 0.581. The van der Waals surface area contributed by atoms with Crippen LogP contribution in [0.15, 0.2) is 6.20 Å². The monoisotopic (exact) mass is 126 g/mol. The molecule has 0 radical (unpaired) electrons. The van der Waals surface area contributed by atoms with Crippen LogP contribution >= 0.6 is 0 Å². The number of carbonyl (C=O) groups excluding carboxylic acids is 1. The first kappa shape index (κ1) is 5.94. The highest BCUT2D eigenvalue weighted by Crippen LogP contribution is 1.77. The van der Waals surface area contributed by atoms with Gasteiger partial charge in [0.05, 0.1) is 7.05 Å². The van der Waals surface area contributed by atoms with E-state index in [9.17, 15) is 4.79 Å². The highest BCUT2D eigenvalue weighted by atomic mass is 16.1. The number of nitrogens with zero attached hydrogens (tertiary/aromatic N) is 3. The van der Waals surface area contributed by atoms with Gasteiger partial charge in [0.25, 0.3) is 0 Å². The van der Waals surface area contributed by atoms with Gasteiger partial charge in [-0.15, -0.1) is 0 Å². The van der Waals surface area contributed by atoms with E-state index in [1.54, 1.807) is 23.6 Å². The number of hydrogen-bond acceptors (Lipinski definition) is 2. The second-order valence-electron chi connectivity index (χ2n) is 1.80. The molecule has 0 unspecified atom stereocenters. The molecule has 0 aromatic carbocycles. The summed E-state index contributed by atoms with van der Waals surface area (Å²) in [4.78, 5) is 11.8. The van der Waals surface area contributed by atoms with Crippen LogP contribution in [0.1, 0.15) is 10.5 Å². The van der Waals surface area contributed by atoms with E-state index < -0.39 is 0 Å². The highest BCUT2D eigenvalue weighted by Gasteiger charge is 2.07. The molecular formula is C5H8N3O+. The van der Waals surface area contributed by atoms with Crippen LogP contribution in [-0.4, -0.2) is 16.2 Å². The van der Waals surface area contributed by atoms with Crippen molar-refractivity contribution in [2.24, 2.45) is 14.1 Å². The fraction of sp³-hybridized carbons (Fsp3) is 0.400. The maximum atomic E-state index is 10.2. The fourth-order valence-corrected chi connectivity index (χ4v) is 0.578. The lowest BCUT2D eigenvalue weighted by atomic mass is 10.5. The molecule has 1 aromatic heterocycles. The Labute approximate surface area is 52.7 Å². The van der Waals surface area contributed by atoms with E-state index >= 15 is 0 Å². The molecule has 4 heteroatoms. The van der Waals surface area contributed by atoms with Crippen molar-refractivity contribution in [1.82, 2.24) is 9.90 Å². The molecule has 9 heavy (non-hydrogen) atoms. The molecule has 1 rings (SSSR count). The molecule has 4 nitrogen and oxygen atoms in total. The minimum atomic E-state index is 0.581. The van der Waals surface area contributed by atoms with Gasteiger partial charge in [0.1, 0.15) is 7.05 Å². The normalized spacial score (nSPS) is 9.56. The molecule has 0 fully saturated rings. The molecule has 0 atom stereocenters. The van der Waals surface area contributed by atoms with E-state index in [0.29, 0.717) is 5.69 Å². The van der Waals surface area contributed by atoms with Gasteiger partial charge in [0.2, 0.25) is 11.9 Å². The SMILES string of the molecule is Cn1ncc(C=O)[n+]1C. The van der Waals surface area contributed by atoms with Gasteiger partial charge in [0.15, 0.2) is 6.29 Å². The topological polar surface area (TPSA) is 38.8 Å². The van der Waals surface area contributed by atoms with Crippen LogP contribution in [0.4, 0.5) is 0 Å². The van der Waals surface area contributed by atoms with Crippen molar-refractivity contribution in [3.8, 4) is 0 Å². The van der Waals surface area contributed by atoms with Crippen molar-refractivity contribution in [1.29, 1.82) is 0 Å². The molecule has 0 aliphatic heterocycles. The largest absolute Gasteiger partial charge is 0.294 e. The van der Waals surface area contributed by atoms with Crippen LogP contribution in [0.5, 0.6) is 0 Å².